The van der Waals surface area contributed by atoms with Crippen LogP contribution in [0.1, 0.15) is 31.5 Å². The first-order valence-corrected chi connectivity index (χ1v) is 10.3. The Morgan fingerprint density at radius 2 is 1.63 bits per heavy atom. The number of carboxylic acids is 1. The second-order valence-corrected chi connectivity index (χ2v) is 8.03. The summed E-state index contributed by atoms with van der Waals surface area (Å²) in [5.41, 5.74) is 0. The first kappa shape index (κ1) is 22.4. The summed E-state index contributed by atoms with van der Waals surface area (Å²) in [4.78, 5) is 32.9. The number of amides is 2. The van der Waals surface area contributed by atoms with Gasteiger partial charge in [-0.1, -0.05) is 0 Å². The maximum atomic E-state index is 12.9. The van der Waals surface area contributed by atoms with E-state index in [0.29, 0.717) is 12.5 Å². The van der Waals surface area contributed by atoms with Gasteiger partial charge in [0.15, 0.2) is 0 Å². The highest BCUT2D eigenvalue weighted by Gasteiger charge is 2.38. The molecule has 0 aromatic carbocycles. The monoisotopic (exact) mass is 431 g/mol. The Kier molecular flexibility index (Phi) is 7.22. The number of halogens is 3. The minimum atomic E-state index is -5.08. The van der Waals surface area contributed by atoms with Gasteiger partial charge in [0.1, 0.15) is 5.82 Å². The van der Waals surface area contributed by atoms with E-state index in [2.05, 4.69) is 20.6 Å². The van der Waals surface area contributed by atoms with Crippen LogP contribution in [0.3, 0.4) is 0 Å². The minimum absolute atomic E-state index is 0.213. The molecule has 4 heterocycles. The van der Waals surface area contributed by atoms with Gasteiger partial charge in [-0.15, -0.1) is 0 Å². The molecule has 1 atom stereocenters. The number of nitrogens with zero attached hydrogens (tertiary/aromatic N) is 5. The Hall–Kier alpha value is -2.30. The van der Waals surface area contributed by atoms with Gasteiger partial charge in [0.05, 0.1) is 6.54 Å². The van der Waals surface area contributed by atoms with E-state index in [1.54, 1.807) is 0 Å². The van der Waals surface area contributed by atoms with Crippen molar-refractivity contribution in [3.05, 3.63) is 18.2 Å². The fourth-order valence-electron chi connectivity index (χ4n) is 4.24. The molecule has 11 heteroatoms. The molecule has 0 spiro atoms. The summed E-state index contributed by atoms with van der Waals surface area (Å²) in [6, 6.07) is 0.213. The molecule has 30 heavy (non-hydrogen) atoms. The van der Waals surface area contributed by atoms with Gasteiger partial charge in [0.2, 0.25) is 0 Å². The summed E-state index contributed by atoms with van der Waals surface area (Å²) in [6.45, 7) is 7.85. The van der Waals surface area contributed by atoms with Gasteiger partial charge in [0.25, 0.3) is 0 Å². The molecule has 1 unspecified atom stereocenters. The zero-order valence-electron chi connectivity index (χ0n) is 16.9. The SMILES string of the molecule is O=C(N1CCCC1)N1Cc2nccn2CC(CN2CCCC2)C1.O=C(O)C(F)(F)F. The fourth-order valence-corrected chi connectivity index (χ4v) is 4.24. The van der Waals surface area contributed by atoms with Crippen molar-refractivity contribution in [1.82, 2.24) is 24.3 Å². The summed E-state index contributed by atoms with van der Waals surface area (Å²) in [7, 11) is 0. The fraction of sp³-hybridized carbons (Fsp3) is 0.737. The Labute approximate surface area is 173 Å². The number of fused-ring (bicyclic) bond motifs is 1. The van der Waals surface area contributed by atoms with Crippen molar-refractivity contribution in [1.29, 1.82) is 0 Å². The zero-order valence-corrected chi connectivity index (χ0v) is 16.9. The number of likely N-dealkylation sites (tertiary alicyclic amines) is 2. The predicted molar refractivity (Wildman–Crippen MR) is 102 cm³/mol. The van der Waals surface area contributed by atoms with Gasteiger partial charge >= 0.3 is 18.2 Å². The number of hydrogen-bond donors (Lipinski definition) is 1. The van der Waals surface area contributed by atoms with E-state index in [1.807, 2.05) is 16.0 Å². The minimum Gasteiger partial charge on any atom is -0.475 e. The third-order valence-corrected chi connectivity index (χ3v) is 5.67. The molecule has 0 aliphatic carbocycles. The van der Waals surface area contributed by atoms with E-state index < -0.39 is 12.1 Å². The number of aromatic nitrogens is 2. The Balaban J connectivity index is 0.000000318. The lowest BCUT2D eigenvalue weighted by atomic mass is 10.1. The van der Waals surface area contributed by atoms with Crippen LogP contribution in [0.4, 0.5) is 18.0 Å². The number of rotatable bonds is 2. The van der Waals surface area contributed by atoms with E-state index >= 15 is 0 Å². The van der Waals surface area contributed by atoms with E-state index in [-0.39, 0.29) is 6.03 Å². The molecule has 3 aliphatic heterocycles. The van der Waals surface area contributed by atoms with Gasteiger partial charge < -0.3 is 24.4 Å². The molecular formula is C19H28F3N5O3. The van der Waals surface area contributed by atoms with Crippen molar-refractivity contribution in [3.63, 3.8) is 0 Å². The van der Waals surface area contributed by atoms with Gasteiger partial charge in [0, 0.05) is 51.0 Å². The molecule has 1 aromatic rings. The molecule has 0 radical (unpaired) electrons. The average molecular weight is 431 g/mol. The summed E-state index contributed by atoms with van der Waals surface area (Å²) in [5, 5.41) is 7.12. The standard InChI is InChI=1S/C17H27N5O.C2HF3O2/c23-17(20-8-3-4-9-20)22-13-15(11-19-6-1-2-7-19)12-21-10-5-18-16(21)14-22;3-2(4,5)1(6)7/h5,10,15H,1-4,6-9,11-14H2;(H,6,7). The molecule has 0 bridgehead atoms. The molecule has 1 aromatic heterocycles. The van der Waals surface area contributed by atoms with Crippen LogP contribution in [0.15, 0.2) is 12.4 Å². The Bertz CT molecular complexity index is 727. The summed E-state index contributed by atoms with van der Waals surface area (Å²) in [5.74, 6) is -1.23. The van der Waals surface area contributed by atoms with Crippen LogP contribution in [0.2, 0.25) is 0 Å². The highest BCUT2D eigenvalue weighted by molar-refractivity contribution is 5.74. The third kappa shape index (κ3) is 5.87. The smallest absolute Gasteiger partial charge is 0.475 e. The number of carbonyl (C=O) groups excluding carboxylic acids is 1. The molecule has 2 amide bonds. The largest absolute Gasteiger partial charge is 0.490 e. The molecule has 168 valence electrons. The van der Waals surface area contributed by atoms with E-state index in [0.717, 1.165) is 51.4 Å². The summed E-state index contributed by atoms with van der Waals surface area (Å²) < 4.78 is 34.0. The van der Waals surface area contributed by atoms with Crippen molar-refractivity contribution < 1.29 is 27.9 Å². The molecule has 2 saturated heterocycles. The summed E-state index contributed by atoms with van der Waals surface area (Å²) in [6.07, 6.45) is 3.78. The summed E-state index contributed by atoms with van der Waals surface area (Å²) >= 11 is 0. The quantitative estimate of drug-likeness (QED) is 0.777. The number of imidazole rings is 1. The van der Waals surface area contributed by atoms with Crippen LogP contribution in [0.25, 0.3) is 0 Å². The molecule has 2 fully saturated rings. The topological polar surface area (TPSA) is 81.9 Å². The number of alkyl halides is 3. The number of urea groups is 1. The normalized spacial score (nSPS) is 22.3. The molecule has 1 N–H and O–H groups in total. The van der Waals surface area contributed by atoms with E-state index in [4.69, 9.17) is 9.90 Å². The van der Waals surface area contributed by atoms with E-state index in [1.165, 1.54) is 25.9 Å². The van der Waals surface area contributed by atoms with Crippen LogP contribution < -0.4 is 0 Å². The van der Waals surface area contributed by atoms with Crippen molar-refractivity contribution in [2.24, 2.45) is 5.92 Å². The Morgan fingerprint density at radius 1 is 1.03 bits per heavy atom. The van der Waals surface area contributed by atoms with Gasteiger partial charge in [-0.25, -0.2) is 14.6 Å². The van der Waals surface area contributed by atoms with Crippen LogP contribution >= 0.6 is 0 Å². The molecular weight excluding hydrogens is 403 g/mol. The van der Waals surface area contributed by atoms with Crippen molar-refractivity contribution >= 4 is 12.0 Å². The van der Waals surface area contributed by atoms with E-state index in [9.17, 15) is 18.0 Å². The second-order valence-electron chi connectivity index (χ2n) is 8.03. The lowest BCUT2D eigenvalue weighted by Crippen LogP contribution is -2.44. The maximum absolute atomic E-state index is 12.9. The third-order valence-electron chi connectivity index (χ3n) is 5.67. The number of carbonyl (C=O) groups is 2. The molecule has 0 saturated carbocycles. The first-order chi connectivity index (χ1) is 14.2. The lowest BCUT2D eigenvalue weighted by molar-refractivity contribution is -0.192. The van der Waals surface area contributed by atoms with Gasteiger partial charge in [-0.3, -0.25) is 0 Å². The number of aliphatic carboxylic acids is 1. The average Bonchev–Trinajstić information content (AvgIpc) is 3.43. The Morgan fingerprint density at radius 3 is 2.23 bits per heavy atom. The van der Waals surface area contributed by atoms with Crippen molar-refractivity contribution in [3.8, 4) is 0 Å². The van der Waals surface area contributed by atoms with Gasteiger partial charge in [-0.05, 0) is 38.8 Å². The first-order valence-electron chi connectivity index (χ1n) is 10.3. The molecule has 8 nitrogen and oxygen atoms in total. The number of hydrogen-bond acceptors (Lipinski definition) is 4. The highest BCUT2D eigenvalue weighted by Crippen LogP contribution is 2.21. The van der Waals surface area contributed by atoms with Gasteiger partial charge in [-0.2, -0.15) is 13.2 Å². The second kappa shape index (κ2) is 9.67. The van der Waals surface area contributed by atoms with Crippen LogP contribution in [-0.2, 0) is 17.9 Å². The highest BCUT2D eigenvalue weighted by atomic mass is 19.4. The van der Waals surface area contributed by atoms with Crippen LogP contribution in [0, 0.1) is 5.92 Å². The number of carboxylic acid groups (broad SMARTS) is 1. The lowest BCUT2D eigenvalue weighted by Gasteiger charge is -2.30. The van der Waals surface area contributed by atoms with Crippen LogP contribution in [-0.4, -0.2) is 86.8 Å². The molecule has 4 rings (SSSR count). The maximum Gasteiger partial charge on any atom is 0.490 e. The molecule has 3 aliphatic rings. The predicted octanol–water partition coefficient (Wildman–Crippen LogP) is 2.26. The van der Waals surface area contributed by atoms with Crippen molar-refractivity contribution in [2.75, 3.05) is 39.3 Å². The zero-order chi connectivity index (χ0) is 21.7. The van der Waals surface area contributed by atoms with Crippen molar-refractivity contribution in [2.45, 2.75) is 44.9 Å². The van der Waals surface area contributed by atoms with Crippen LogP contribution in [0.5, 0.6) is 0 Å².